The largest absolute Gasteiger partial charge is 0.496 e. The molecule has 2 heterocycles. The van der Waals surface area contributed by atoms with E-state index in [2.05, 4.69) is 9.82 Å². The smallest absolute Gasteiger partial charge is 0.272 e. The third-order valence-electron chi connectivity index (χ3n) is 4.72. The Morgan fingerprint density at radius 1 is 1.19 bits per heavy atom. The van der Waals surface area contributed by atoms with Gasteiger partial charge in [-0.15, -0.1) is 11.3 Å². The molecule has 0 aliphatic carbocycles. The topological polar surface area (TPSA) is 116 Å². The molecule has 0 fully saturated rings. The summed E-state index contributed by atoms with van der Waals surface area (Å²) in [5.74, 6) is 0.146. The van der Waals surface area contributed by atoms with Crippen LogP contribution in [0.1, 0.15) is 20.8 Å². The van der Waals surface area contributed by atoms with Gasteiger partial charge in [0.2, 0.25) is 5.91 Å². The van der Waals surface area contributed by atoms with Gasteiger partial charge in [-0.1, -0.05) is 18.2 Å². The molecule has 1 amide bonds. The van der Waals surface area contributed by atoms with Gasteiger partial charge in [-0.2, -0.15) is 5.10 Å². The highest BCUT2D eigenvalue weighted by Crippen LogP contribution is 2.34. The Morgan fingerprint density at radius 2 is 1.97 bits per heavy atom. The molecule has 4 aromatic rings. The van der Waals surface area contributed by atoms with Crippen LogP contribution in [-0.4, -0.2) is 31.2 Å². The van der Waals surface area contributed by atoms with Crippen LogP contribution in [0.2, 0.25) is 0 Å². The number of sulfonamides is 1. The second-order valence-corrected chi connectivity index (χ2v) is 10.1. The standard InChI is InChI=1S/C21H20N4O4S2/c1-13-9-10-18(30-13)31(27,28)24-21-19-16(7-4-8-17(19)29-2)25(23-21)12-14-5-3-6-15(11-14)20(22)26/h3-11H,12H2,1-2H3,(H2,22,26)(H,23,24). The van der Waals surface area contributed by atoms with Crippen molar-refractivity contribution in [3.63, 3.8) is 0 Å². The van der Waals surface area contributed by atoms with Crippen molar-refractivity contribution in [2.75, 3.05) is 11.8 Å². The number of rotatable bonds is 7. The van der Waals surface area contributed by atoms with Gasteiger partial charge in [-0.25, -0.2) is 8.42 Å². The summed E-state index contributed by atoms with van der Waals surface area (Å²) in [6.07, 6.45) is 0. The maximum absolute atomic E-state index is 12.9. The van der Waals surface area contributed by atoms with Crippen LogP contribution >= 0.6 is 11.3 Å². The summed E-state index contributed by atoms with van der Waals surface area (Å²) in [6, 6.07) is 15.6. The van der Waals surface area contributed by atoms with Crippen LogP contribution in [0.15, 0.2) is 58.8 Å². The predicted molar refractivity (Wildman–Crippen MR) is 120 cm³/mol. The Hall–Kier alpha value is -3.37. The van der Waals surface area contributed by atoms with Gasteiger partial charge in [-0.05, 0) is 48.9 Å². The first kappa shape index (κ1) is 20.9. The molecule has 2 aromatic carbocycles. The highest BCUT2D eigenvalue weighted by Gasteiger charge is 2.22. The molecular formula is C21H20N4O4S2. The number of hydrogen-bond acceptors (Lipinski definition) is 6. The van der Waals surface area contributed by atoms with Gasteiger partial charge in [0.05, 0.1) is 24.6 Å². The lowest BCUT2D eigenvalue weighted by atomic mass is 10.1. The summed E-state index contributed by atoms with van der Waals surface area (Å²) >= 11 is 1.18. The van der Waals surface area contributed by atoms with Gasteiger partial charge >= 0.3 is 0 Å². The first-order chi connectivity index (χ1) is 14.8. The van der Waals surface area contributed by atoms with Crippen LogP contribution in [0.3, 0.4) is 0 Å². The number of carbonyl (C=O) groups is 1. The first-order valence-corrected chi connectivity index (χ1v) is 11.6. The average molecular weight is 457 g/mol. The van der Waals surface area contributed by atoms with Gasteiger partial charge in [0.15, 0.2) is 5.82 Å². The fourth-order valence-corrected chi connectivity index (χ4v) is 5.58. The molecular weight excluding hydrogens is 436 g/mol. The number of thiophene rings is 1. The first-order valence-electron chi connectivity index (χ1n) is 9.30. The molecule has 8 nitrogen and oxygen atoms in total. The molecule has 0 unspecified atom stereocenters. The number of benzene rings is 2. The summed E-state index contributed by atoms with van der Waals surface area (Å²) < 4.78 is 35.7. The molecule has 4 rings (SSSR count). The Morgan fingerprint density at radius 3 is 2.65 bits per heavy atom. The minimum atomic E-state index is -3.81. The van der Waals surface area contributed by atoms with Crippen LogP contribution in [0, 0.1) is 6.92 Å². The summed E-state index contributed by atoms with van der Waals surface area (Å²) in [5.41, 5.74) is 7.25. The maximum atomic E-state index is 12.9. The third-order valence-corrected chi connectivity index (χ3v) is 7.55. The van der Waals surface area contributed by atoms with E-state index >= 15 is 0 Å². The highest BCUT2D eigenvalue weighted by molar-refractivity contribution is 7.94. The molecule has 3 N–H and O–H groups in total. The Balaban J connectivity index is 1.80. The molecule has 0 aliphatic heterocycles. The van der Waals surface area contributed by atoms with Crippen molar-refractivity contribution >= 4 is 44.0 Å². The van der Waals surface area contributed by atoms with E-state index in [0.29, 0.717) is 28.8 Å². The van der Waals surface area contributed by atoms with E-state index in [1.807, 2.05) is 19.1 Å². The number of aryl methyl sites for hydroxylation is 1. The van der Waals surface area contributed by atoms with E-state index in [-0.39, 0.29) is 10.0 Å². The minimum Gasteiger partial charge on any atom is -0.496 e. The number of aromatic nitrogens is 2. The third kappa shape index (κ3) is 4.12. The van der Waals surface area contributed by atoms with Crippen LogP contribution < -0.4 is 15.2 Å². The zero-order valence-electron chi connectivity index (χ0n) is 16.8. The Bertz CT molecular complexity index is 1390. The van der Waals surface area contributed by atoms with Crippen LogP contribution in [0.5, 0.6) is 5.75 Å². The summed E-state index contributed by atoms with van der Waals surface area (Å²) in [5, 5.41) is 5.07. The fourth-order valence-electron chi connectivity index (χ4n) is 3.29. The molecule has 0 spiro atoms. The van der Waals surface area contributed by atoms with Gasteiger partial charge in [0, 0.05) is 10.4 Å². The number of ether oxygens (including phenoxy) is 1. The zero-order chi connectivity index (χ0) is 22.2. The zero-order valence-corrected chi connectivity index (χ0v) is 18.5. The lowest BCUT2D eigenvalue weighted by Gasteiger charge is -2.06. The van der Waals surface area contributed by atoms with Gasteiger partial charge in [0.1, 0.15) is 9.96 Å². The summed E-state index contributed by atoms with van der Waals surface area (Å²) in [6.45, 7) is 2.15. The number of nitrogens with zero attached hydrogens (tertiary/aromatic N) is 2. The number of primary amides is 1. The number of anilines is 1. The molecule has 0 saturated carbocycles. The number of carbonyl (C=O) groups excluding carboxylic acids is 1. The number of methoxy groups -OCH3 is 1. The maximum Gasteiger partial charge on any atom is 0.272 e. The lowest BCUT2D eigenvalue weighted by molar-refractivity contribution is 0.1000. The SMILES string of the molecule is COc1cccc2c1c(NS(=O)(=O)c1ccc(C)s1)nn2Cc1cccc(C(N)=O)c1. The number of amides is 1. The second-order valence-electron chi connectivity index (χ2n) is 6.90. The Kier molecular flexibility index (Phi) is 5.42. The van der Waals surface area contributed by atoms with Crippen molar-refractivity contribution in [1.29, 1.82) is 0 Å². The molecule has 31 heavy (non-hydrogen) atoms. The van der Waals surface area contributed by atoms with Gasteiger partial charge in [-0.3, -0.25) is 14.2 Å². The van der Waals surface area contributed by atoms with Crippen molar-refractivity contribution in [3.8, 4) is 5.75 Å². The Labute approximate surface area is 183 Å². The minimum absolute atomic E-state index is 0.171. The summed E-state index contributed by atoms with van der Waals surface area (Å²) in [4.78, 5) is 12.4. The van der Waals surface area contributed by atoms with E-state index in [4.69, 9.17) is 10.5 Å². The second kappa shape index (κ2) is 8.05. The molecule has 0 saturated heterocycles. The van der Waals surface area contributed by atoms with Crippen molar-refractivity contribution in [2.45, 2.75) is 17.7 Å². The van der Waals surface area contributed by atoms with Crippen LogP contribution in [-0.2, 0) is 16.6 Å². The van der Waals surface area contributed by atoms with E-state index in [9.17, 15) is 13.2 Å². The molecule has 160 valence electrons. The monoisotopic (exact) mass is 456 g/mol. The molecule has 2 aromatic heterocycles. The molecule has 0 bridgehead atoms. The quantitative estimate of drug-likeness (QED) is 0.442. The van der Waals surface area contributed by atoms with Gasteiger partial charge < -0.3 is 10.5 Å². The normalized spacial score (nSPS) is 11.5. The molecule has 0 atom stereocenters. The fraction of sp³-hybridized carbons (Fsp3) is 0.143. The molecule has 0 aliphatic rings. The molecule has 0 radical (unpaired) electrons. The van der Waals surface area contributed by atoms with Gasteiger partial charge in [0.25, 0.3) is 10.0 Å². The number of hydrogen-bond donors (Lipinski definition) is 2. The van der Waals surface area contributed by atoms with E-state index in [1.54, 1.807) is 47.1 Å². The average Bonchev–Trinajstić information content (AvgIpc) is 3.32. The van der Waals surface area contributed by atoms with Crippen LogP contribution in [0.25, 0.3) is 10.9 Å². The number of fused-ring (bicyclic) bond motifs is 1. The van der Waals surface area contributed by atoms with Crippen molar-refractivity contribution in [2.24, 2.45) is 5.73 Å². The van der Waals surface area contributed by atoms with E-state index < -0.39 is 15.9 Å². The highest BCUT2D eigenvalue weighted by atomic mass is 32.2. The van der Waals surface area contributed by atoms with Crippen molar-refractivity contribution in [1.82, 2.24) is 9.78 Å². The predicted octanol–water partition coefficient (Wildman–Crippen LogP) is 3.36. The van der Waals surface area contributed by atoms with E-state index in [0.717, 1.165) is 10.4 Å². The van der Waals surface area contributed by atoms with Crippen molar-refractivity contribution in [3.05, 3.63) is 70.6 Å². The van der Waals surface area contributed by atoms with E-state index in [1.165, 1.54) is 18.4 Å². The van der Waals surface area contributed by atoms with Crippen molar-refractivity contribution < 1.29 is 17.9 Å². The number of nitrogens with one attached hydrogen (secondary N) is 1. The lowest BCUT2D eigenvalue weighted by Crippen LogP contribution is -2.13. The van der Waals surface area contributed by atoms with Crippen LogP contribution in [0.4, 0.5) is 5.82 Å². The number of nitrogens with two attached hydrogens (primary N) is 1. The summed E-state index contributed by atoms with van der Waals surface area (Å²) in [7, 11) is -2.29. The molecule has 10 heteroatoms.